The zero-order valence-corrected chi connectivity index (χ0v) is 11.0. The number of carbonyl (C=O) groups excluding carboxylic acids is 1. The molecule has 1 saturated carbocycles. The summed E-state index contributed by atoms with van der Waals surface area (Å²) in [6.45, 7) is 0. The largest absolute Gasteiger partial charge is 0.495 e. The average Bonchev–Trinajstić information content (AvgIpc) is 2.99. The van der Waals surface area contributed by atoms with E-state index in [1.165, 1.54) is 11.1 Å². The van der Waals surface area contributed by atoms with Gasteiger partial charge in [0.05, 0.1) is 12.1 Å². The van der Waals surface area contributed by atoms with Crippen molar-refractivity contribution in [2.75, 3.05) is 7.11 Å². The minimum absolute atomic E-state index is 0.422. The van der Waals surface area contributed by atoms with Gasteiger partial charge in [-0.25, -0.2) is 4.79 Å². The number of methoxy groups -OCH3 is 1. The quantitative estimate of drug-likeness (QED) is 0.621. The molecular weight excluding hydrogens is 250 g/mol. The minimum Gasteiger partial charge on any atom is -0.495 e. The molecule has 3 nitrogen and oxygen atoms in total. The Bertz CT molecular complexity index is 557. The number of hydrogen-bond donors (Lipinski definition) is 0. The van der Waals surface area contributed by atoms with Crippen molar-refractivity contribution >= 4 is 17.7 Å². The summed E-state index contributed by atoms with van der Waals surface area (Å²) in [6.07, 6.45) is 6.61. The number of fused-ring (bicyclic) bond motifs is 1. The lowest BCUT2D eigenvalue weighted by Crippen LogP contribution is -2.07. The minimum atomic E-state index is -0.422. The number of halogens is 1. The molecule has 0 aromatic heterocycles. The summed E-state index contributed by atoms with van der Waals surface area (Å²) in [4.78, 5) is 14.6. The summed E-state index contributed by atoms with van der Waals surface area (Å²) >= 11 is 6.43. The molecule has 0 atom stereocenters. The van der Waals surface area contributed by atoms with Gasteiger partial charge in [-0.2, -0.15) is 4.99 Å². The van der Waals surface area contributed by atoms with Gasteiger partial charge in [0, 0.05) is 5.56 Å². The highest BCUT2D eigenvalue weighted by Gasteiger charge is 2.48. The Kier molecular flexibility index (Phi) is 2.69. The molecule has 1 aromatic carbocycles. The molecule has 1 aromatic rings. The van der Waals surface area contributed by atoms with E-state index in [-0.39, 0.29) is 0 Å². The Hall–Kier alpha value is -1.31. The monoisotopic (exact) mass is 263 g/mol. The van der Waals surface area contributed by atoms with Crippen molar-refractivity contribution in [3.05, 3.63) is 27.8 Å². The van der Waals surface area contributed by atoms with Crippen molar-refractivity contribution in [2.45, 2.75) is 37.6 Å². The van der Waals surface area contributed by atoms with Crippen LogP contribution in [0.5, 0.6) is 5.75 Å². The van der Waals surface area contributed by atoms with Gasteiger partial charge in [-0.15, -0.1) is 0 Å². The third-order valence-corrected chi connectivity index (χ3v) is 4.38. The van der Waals surface area contributed by atoms with Crippen LogP contribution >= 0.6 is 11.6 Å². The van der Waals surface area contributed by atoms with Crippen LogP contribution in [-0.2, 0) is 23.2 Å². The number of aryl methyl sites for hydroxylation is 1. The number of isocyanates is 1. The van der Waals surface area contributed by atoms with Crippen molar-refractivity contribution in [1.82, 2.24) is 0 Å². The topological polar surface area (TPSA) is 38.7 Å². The van der Waals surface area contributed by atoms with Gasteiger partial charge in [-0.1, -0.05) is 11.6 Å². The maximum absolute atomic E-state index is 10.6. The van der Waals surface area contributed by atoms with Crippen LogP contribution in [0.3, 0.4) is 0 Å². The number of rotatable bonds is 3. The molecule has 4 heteroatoms. The van der Waals surface area contributed by atoms with E-state index in [1.54, 1.807) is 13.2 Å². The highest BCUT2D eigenvalue weighted by Crippen LogP contribution is 2.55. The van der Waals surface area contributed by atoms with Crippen LogP contribution in [0.25, 0.3) is 0 Å². The lowest BCUT2D eigenvalue weighted by molar-refractivity contribution is 0.404. The molecule has 0 unspecified atom stereocenters. The molecule has 0 saturated heterocycles. The summed E-state index contributed by atoms with van der Waals surface area (Å²) in [6, 6.07) is 2.13. The lowest BCUT2D eigenvalue weighted by atomic mass is 9.98. The third-order valence-electron chi connectivity index (χ3n) is 3.98. The first kappa shape index (κ1) is 11.8. The molecule has 0 N–H and O–H groups in total. The number of nitrogens with zero attached hydrogens (tertiary/aromatic N) is 1. The van der Waals surface area contributed by atoms with Crippen LogP contribution in [0.1, 0.15) is 36.0 Å². The molecule has 0 heterocycles. The maximum Gasteiger partial charge on any atom is 0.235 e. The van der Waals surface area contributed by atoms with Gasteiger partial charge >= 0.3 is 0 Å². The molecule has 3 rings (SSSR count). The fourth-order valence-corrected chi connectivity index (χ4v) is 3.26. The summed E-state index contributed by atoms with van der Waals surface area (Å²) < 4.78 is 5.45. The van der Waals surface area contributed by atoms with Crippen LogP contribution in [0, 0.1) is 0 Å². The molecule has 0 aliphatic heterocycles. The Labute approximate surface area is 111 Å². The second-order valence-corrected chi connectivity index (χ2v) is 5.38. The lowest BCUT2D eigenvalue weighted by Gasteiger charge is -2.17. The zero-order chi connectivity index (χ0) is 12.8. The zero-order valence-electron chi connectivity index (χ0n) is 10.3. The molecule has 0 amide bonds. The molecule has 1 fully saturated rings. The maximum atomic E-state index is 10.6. The second-order valence-electron chi connectivity index (χ2n) is 5.00. The van der Waals surface area contributed by atoms with E-state index in [9.17, 15) is 4.79 Å². The molecule has 2 aliphatic carbocycles. The summed E-state index contributed by atoms with van der Waals surface area (Å²) in [5, 5.41) is 0.704. The Balaban J connectivity index is 2.21. The number of ether oxygens (including phenoxy) is 1. The fraction of sp³-hybridized carbons (Fsp3) is 0.500. The smallest absolute Gasteiger partial charge is 0.235 e. The van der Waals surface area contributed by atoms with E-state index < -0.39 is 5.54 Å². The molecule has 0 radical (unpaired) electrons. The van der Waals surface area contributed by atoms with Gasteiger partial charge in [0.1, 0.15) is 11.3 Å². The van der Waals surface area contributed by atoms with Crippen LogP contribution in [0.15, 0.2) is 11.1 Å². The van der Waals surface area contributed by atoms with E-state index in [0.717, 1.165) is 37.7 Å². The Morgan fingerprint density at radius 3 is 2.83 bits per heavy atom. The van der Waals surface area contributed by atoms with Crippen molar-refractivity contribution in [3.63, 3.8) is 0 Å². The summed E-state index contributed by atoms with van der Waals surface area (Å²) in [5.74, 6) is 0.689. The second kappa shape index (κ2) is 4.11. The standard InChI is InChI=1S/C14H14ClNO2/c1-18-13-11(14(5-6-14)16-8-17)7-9-3-2-4-10(9)12(13)15/h7H,2-6H2,1H3. The predicted molar refractivity (Wildman–Crippen MR) is 69.1 cm³/mol. The van der Waals surface area contributed by atoms with Crippen LogP contribution < -0.4 is 4.74 Å². The van der Waals surface area contributed by atoms with Crippen molar-refractivity contribution in [2.24, 2.45) is 4.99 Å². The molecule has 18 heavy (non-hydrogen) atoms. The Morgan fingerprint density at radius 2 is 2.22 bits per heavy atom. The summed E-state index contributed by atoms with van der Waals surface area (Å²) in [7, 11) is 1.62. The predicted octanol–water partition coefficient (Wildman–Crippen LogP) is 3.16. The molecule has 94 valence electrons. The highest BCUT2D eigenvalue weighted by atomic mass is 35.5. The van der Waals surface area contributed by atoms with E-state index in [0.29, 0.717) is 10.8 Å². The van der Waals surface area contributed by atoms with Crippen LogP contribution in [0.4, 0.5) is 0 Å². The normalized spacial score (nSPS) is 19.0. The molecule has 0 spiro atoms. The molecular formula is C14H14ClNO2. The third kappa shape index (κ3) is 1.58. The fourth-order valence-electron chi connectivity index (χ4n) is 2.86. The molecule has 0 bridgehead atoms. The number of hydrogen-bond acceptors (Lipinski definition) is 3. The van der Waals surface area contributed by atoms with E-state index in [2.05, 4.69) is 11.1 Å². The first-order chi connectivity index (χ1) is 8.72. The van der Waals surface area contributed by atoms with Gasteiger partial charge in [0.15, 0.2) is 0 Å². The van der Waals surface area contributed by atoms with Gasteiger partial charge < -0.3 is 4.74 Å². The van der Waals surface area contributed by atoms with Gasteiger partial charge in [0.25, 0.3) is 0 Å². The highest BCUT2D eigenvalue weighted by molar-refractivity contribution is 6.33. The first-order valence-corrected chi connectivity index (χ1v) is 6.57. The van der Waals surface area contributed by atoms with E-state index in [1.807, 2.05) is 0 Å². The Morgan fingerprint density at radius 1 is 1.44 bits per heavy atom. The molecule has 2 aliphatic rings. The van der Waals surface area contributed by atoms with Crippen molar-refractivity contribution in [1.29, 1.82) is 0 Å². The van der Waals surface area contributed by atoms with Crippen molar-refractivity contribution < 1.29 is 9.53 Å². The van der Waals surface area contributed by atoms with Crippen molar-refractivity contribution in [3.8, 4) is 5.75 Å². The first-order valence-electron chi connectivity index (χ1n) is 6.19. The van der Waals surface area contributed by atoms with Gasteiger partial charge in [-0.3, -0.25) is 0 Å². The van der Waals surface area contributed by atoms with E-state index >= 15 is 0 Å². The van der Waals surface area contributed by atoms with Gasteiger partial charge in [0.2, 0.25) is 6.08 Å². The van der Waals surface area contributed by atoms with Crippen LogP contribution in [-0.4, -0.2) is 13.2 Å². The average molecular weight is 264 g/mol. The number of aliphatic imine (C=N–C) groups is 1. The SMILES string of the molecule is COc1c(C2(N=C=O)CC2)cc2c(c1Cl)CCC2. The van der Waals surface area contributed by atoms with Gasteiger partial charge in [-0.05, 0) is 49.3 Å². The number of benzene rings is 1. The summed E-state index contributed by atoms with van der Waals surface area (Å²) in [5.41, 5.74) is 3.01. The van der Waals surface area contributed by atoms with Crippen LogP contribution in [0.2, 0.25) is 5.02 Å². The van der Waals surface area contributed by atoms with E-state index in [4.69, 9.17) is 16.3 Å².